The number of nitrogens with one attached hydrogen (secondary N) is 2. The molecule has 29 heavy (non-hydrogen) atoms. The van der Waals surface area contributed by atoms with Gasteiger partial charge in [0.15, 0.2) is 5.69 Å². The third-order valence-corrected chi connectivity index (χ3v) is 4.93. The van der Waals surface area contributed by atoms with Crippen molar-refractivity contribution in [3.63, 3.8) is 0 Å². The predicted octanol–water partition coefficient (Wildman–Crippen LogP) is 4.45. The SMILES string of the molecule is Cc1ccc(-n2nc(C(=O)NNc3cccc(C(F)(F)F)c3)c3c2CCC3)cc1. The van der Waals surface area contributed by atoms with Gasteiger partial charge in [-0.15, -0.1) is 0 Å². The van der Waals surface area contributed by atoms with Crippen molar-refractivity contribution >= 4 is 11.6 Å². The Morgan fingerprint density at radius 3 is 2.59 bits per heavy atom. The number of fused-ring (bicyclic) bond motifs is 1. The minimum absolute atomic E-state index is 0.141. The van der Waals surface area contributed by atoms with Crippen LogP contribution in [0, 0.1) is 6.92 Å². The molecule has 1 aliphatic rings. The van der Waals surface area contributed by atoms with Crippen LogP contribution in [0.3, 0.4) is 0 Å². The highest BCUT2D eigenvalue weighted by Crippen LogP contribution is 2.31. The van der Waals surface area contributed by atoms with Crippen LogP contribution in [0.5, 0.6) is 0 Å². The van der Waals surface area contributed by atoms with Crippen molar-refractivity contribution in [1.29, 1.82) is 0 Å². The number of anilines is 1. The van der Waals surface area contributed by atoms with E-state index in [1.807, 2.05) is 31.2 Å². The van der Waals surface area contributed by atoms with Crippen LogP contribution in [0.15, 0.2) is 48.5 Å². The van der Waals surface area contributed by atoms with E-state index in [0.717, 1.165) is 53.9 Å². The second-order valence-electron chi connectivity index (χ2n) is 7.03. The van der Waals surface area contributed by atoms with E-state index in [9.17, 15) is 18.0 Å². The van der Waals surface area contributed by atoms with E-state index in [1.54, 1.807) is 4.68 Å². The summed E-state index contributed by atoms with van der Waals surface area (Å²) in [6.07, 6.45) is -1.95. The Bertz CT molecular complexity index is 1050. The van der Waals surface area contributed by atoms with Crippen LogP contribution in [0.25, 0.3) is 5.69 Å². The molecule has 3 aromatic rings. The summed E-state index contributed by atoms with van der Waals surface area (Å²) in [5.74, 6) is -0.480. The van der Waals surface area contributed by atoms with Gasteiger partial charge in [-0.2, -0.15) is 18.3 Å². The average molecular weight is 400 g/mol. The molecule has 0 saturated heterocycles. The Hall–Kier alpha value is -3.29. The number of aromatic nitrogens is 2. The van der Waals surface area contributed by atoms with E-state index in [2.05, 4.69) is 16.0 Å². The van der Waals surface area contributed by atoms with Crippen LogP contribution in [0.1, 0.15) is 39.3 Å². The lowest BCUT2D eigenvalue weighted by atomic mass is 10.2. The molecule has 150 valence electrons. The number of rotatable bonds is 4. The highest BCUT2D eigenvalue weighted by molar-refractivity contribution is 5.95. The Labute approximate surface area is 165 Å². The number of benzene rings is 2. The van der Waals surface area contributed by atoms with E-state index in [4.69, 9.17) is 0 Å². The van der Waals surface area contributed by atoms with E-state index < -0.39 is 17.6 Å². The molecule has 2 aromatic carbocycles. The molecule has 1 aromatic heterocycles. The zero-order valence-corrected chi connectivity index (χ0v) is 15.7. The number of hydrogen-bond acceptors (Lipinski definition) is 3. The fourth-order valence-corrected chi connectivity index (χ4v) is 3.48. The van der Waals surface area contributed by atoms with Gasteiger partial charge in [0, 0.05) is 11.3 Å². The molecule has 1 aliphatic carbocycles. The van der Waals surface area contributed by atoms with E-state index in [0.29, 0.717) is 0 Å². The normalized spacial score (nSPS) is 13.2. The van der Waals surface area contributed by atoms with Gasteiger partial charge in [-0.1, -0.05) is 23.8 Å². The third kappa shape index (κ3) is 3.83. The van der Waals surface area contributed by atoms with Crippen LogP contribution in [-0.4, -0.2) is 15.7 Å². The fraction of sp³-hybridized carbons (Fsp3) is 0.238. The zero-order valence-electron chi connectivity index (χ0n) is 15.7. The maximum atomic E-state index is 12.8. The monoisotopic (exact) mass is 400 g/mol. The number of nitrogens with zero attached hydrogens (tertiary/aromatic N) is 2. The molecule has 1 heterocycles. The first-order valence-electron chi connectivity index (χ1n) is 9.24. The Morgan fingerprint density at radius 1 is 1.10 bits per heavy atom. The van der Waals surface area contributed by atoms with Gasteiger partial charge in [0.25, 0.3) is 5.91 Å². The standard InChI is InChI=1S/C21H19F3N4O/c1-13-8-10-16(11-9-13)28-18-7-3-6-17(18)19(27-28)20(29)26-25-15-5-2-4-14(12-15)21(22,23)24/h2,4-5,8-12,25H,3,6-7H2,1H3,(H,26,29). The van der Waals surface area contributed by atoms with Crippen LogP contribution < -0.4 is 10.9 Å². The summed E-state index contributed by atoms with van der Waals surface area (Å²) in [5, 5.41) is 4.49. The quantitative estimate of drug-likeness (QED) is 0.637. The van der Waals surface area contributed by atoms with Gasteiger partial charge in [-0.25, -0.2) is 4.68 Å². The van der Waals surface area contributed by atoms with Gasteiger partial charge >= 0.3 is 6.18 Å². The summed E-state index contributed by atoms with van der Waals surface area (Å²) in [4.78, 5) is 12.7. The molecule has 0 bridgehead atoms. The van der Waals surface area contributed by atoms with E-state index in [1.165, 1.54) is 12.1 Å². The maximum Gasteiger partial charge on any atom is 0.416 e. The van der Waals surface area contributed by atoms with Gasteiger partial charge in [0.2, 0.25) is 0 Å². The van der Waals surface area contributed by atoms with Crippen LogP contribution in [0.4, 0.5) is 18.9 Å². The molecular formula is C21H19F3N4O. The number of aryl methyl sites for hydroxylation is 1. The van der Waals surface area contributed by atoms with E-state index in [-0.39, 0.29) is 11.4 Å². The van der Waals surface area contributed by atoms with Gasteiger partial charge in [-0.05, 0) is 56.5 Å². The van der Waals surface area contributed by atoms with Crippen molar-refractivity contribution in [3.05, 3.63) is 76.6 Å². The van der Waals surface area contributed by atoms with Crippen LogP contribution >= 0.6 is 0 Å². The average Bonchev–Trinajstić information content (AvgIpc) is 3.29. The minimum Gasteiger partial charge on any atom is -0.298 e. The molecule has 2 N–H and O–H groups in total. The molecule has 0 fully saturated rings. The van der Waals surface area contributed by atoms with Crippen LogP contribution in [0.2, 0.25) is 0 Å². The molecule has 8 heteroatoms. The molecule has 4 rings (SSSR count). The summed E-state index contributed by atoms with van der Waals surface area (Å²) < 4.78 is 40.3. The molecular weight excluding hydrogens is 381 g/mol. The van der Waals surface area contributed by atoms with Crippen molar-refractivity contribution in [2.24, 2.45) is 0 Å². The third-order valence-electron chi connectivity index (χ3n) is 4.93. The first-order chi connectivity index (χ1) is 13.8. The van der Waals surface area contributed by atoms with Gasteiger partial charge in [-0.3, -0.25) is 15.6 Å². The summed E-state index contributed by atoms with van der Waals surface area (Å²) in [5.41, 5.74) is 8.54. The predicted molar refractivity (Wildman–Crippen MR) is 103 cm³/mol. The number of amides is 1. The molecule has 0 radical (unpaired) electrons. The number of hydrogen-bond donors (Lipinski definition) is 2. The first kappa shape index (κ1) is 19.0. The summed E-state index contributed by atoms with van der Waals surface area (Å²) in [6, 6.07) is 12.5. The Morgan fingerprint density at radius 2 is 1.86 bits per heavy atom. The molecule has 0 saturated carbocycles. The smallest absolute Gasteiger partial charge is 0.298 e. The van der Waals surface area contributed by atoms with Crippen molar-refractivity contribution < 1.29 is 18.0 Å². The summed E-state index contributed by atoms with van der Waals surface area (Å²) in [7, 11) is 0. The fourth-order valence-electron chi connectivity index (χ4n) is 3.48. The molecule has 0 aliphatic heterocycles. The molecule has 0 unspecified atom stereocenters. The molecule has 0 spiro atoms. The number of carbonyl (C=O) groups excluding carboxylic acids is 1. The number of hydrazine groups is 1. The summed E-state index contributed by atoms with van der Waals surface area (Å²) in [6.45, 7) is 2.00. The summed E-state index contributed by atoms with van der Waals surface area (Å²) >= 11 is 0. The number of carbonyl (C=O) groups is 1. The van der Waals surface area contributed by atoms with Crippen molar-refractivity contribution in [1.82, 2.24) is 15.2 Å². The highest BCUT2D eigenvalue weighted by Gasteiger charge is 2.30. The Kier molecular flexibility index (Phi) is 4.77. The lowest BCUT2D eigenvalue weighted by Gasteiger charge is -2.11. The largest absolute Gasteiger partial charge is 0.416 e. The number of halogens is 3. The second kappa shape index (κ2) is 7.27. The highest BCUT2D eigenvalue weighted by atomic mass is 19.4. The molecule has 1 amide bonds. The minimum atomic E-state index is -4.45. The Balaban J connectivity index is 1.56. The molecule has 5 nitrogen and oxygen atoms in total. The zero-order chi connectivity index (χ0) is 20.6. The second-order valence-corrected chi connectivity index (χ2v) is 7.03. The first-order valence-corrected chi connectivity index (χ1v) is 9.24. The van der Waals surface area contributed by atoms with Crippen molar-refractivity contribution in [2.75, 3.05) is 5.43 Å². The van der Waals surface area contributed by atoms with Crippen molar-refractivity contribution in [2.45, 2.75) is 32.4 Å². The lowest BCUT2D eigenvalue weighted by molar-refractivity contribution is -0.137. The van der Waals surface area contributed by atoms with Gasteiger partial charge < -0.3 is 0 Å². The molecule has 0 atom stereocenters. The topological polar surface area (TPSA) is 59.0 Å². The van der Waals surface area contributed by atoms with E-state index >= 15 is 0 Å². The number of alkyl halides is 3. The van der Waals surface area contributed by atoms with Gasteiger partial charge in [0.05, 0.1) is 16.9 Å². The van der Waals surface area contributed by atoms with Crippen molar-refractivity contribution in [3.8, 4) is 5.69 Å². The van der Waals surface area contributed by atoms with Crippen LogP contribution in [-0.2, 0) is 19.0 Å². The van der Waals surface area contributed by atoms with Gasteiger partial charge in [0.1, 0.15) is 0 Å². The maximum absolute atomic E-state index is 12.8. The lowest BCUT2D eigenvalue weighted by Crippen LogP contribution is -2.30.